The van der Waals surface area contributed by atoms with Gasteiger partial charge in [0.05, 0.1) is 16.6 Å². The van der Waals surface area contributed by atoms with Gasteiger partial charge >= 0.3 is 0 Å². The van der Waals surface area contributed by atoms with E-state index in [9.17, 15) is 0 Å². The van der Waals surface area contributed by atoms with E-state index in [1.54, 1.807) is 0 Å². The van der Waals surface area contributed by atoms with E-state index < -0.39 is 0 Å². The van der Waals surface area contributed by atoms with Crippen molar-refractivity contribution in [2.24, 2.45) is 0 Å². The summed E-state index contributed by atoms with van der Waals surface area (Å²) in [4.78, 5) is 0. The second-order valence-electron chi connectivity index (χ2n) is 13.4. The smallest absolute Gasteiger partial charge is 0.0547 e. The fourth-order valence-corrected chi connectivity index (χ4v) is 7.70. The predicted molar refractivity (Wildman–Crippen MR) is 223 cm³/mol. The van der Waals surface area contributed by atoms with E-state index in [0.717, 1.165) is 11.4 Å². The van der Waals surface area contributed by atoms with Crippen molar-refractivity contribution < 1.29 is 0 Å². The summed E-state index contributed by atoms with van der Waals surface area (Å²) in [6.07, 6.45) is 8.54. The van der Waals surface area contributed by atoms with Gasteiger partial charge in [-0.05, 0) is 101 Å². The Morgan fingerprint density at radius 2 is 0.923 bits per heavy atom. The Hall–Kier alpha value is -6.64. The number of fused-ring (bicyclic) bond motifs is 4. The average molecular weight is 667 g/mol. The minimum absolute atomic E-state index is 1.14. The molecule has 0 aliphatic carbocycles. The highest BCUT2D eigenvalue weighted by atomic mass is 15.0. The second-order valence-corrected chi connectivity index (χ2v) is 13.4. The van der Waals surface area contributed by atoms with Gasteiger partial charge in [-0.3, -0.25) is 0 Å². The molecule has 0 radical (unpaired) electrons. The molecular weight excluding hydrogens is 629 g/mol. The van der Waals surface area contributed by atoms with Crippen LogP contribution >= 0.6 is 0 Å². The number of benzene rings is 7. The van der Waals surface area contributed by atoms with Crippen molar-refractivity contribution in [3.8, 4) is 44.8 Å². The molecule has 0 saturated carbocycles. The maximum atomic E-state index is 2.42. The van der Waals surface area contributed by atoms with Crippen molar-refractivity contribution in [2.75, 3.05) is 0 Å². The van der Waals surface area contributed by atoms with Crippen LogP contribution in [0.15, 0.2) is 188 Å². The number of hydrogen-bond donors (Lipinski definition) is 0. The van der Waals surface area contributed by atoms with Crippen LogP contribution in [-0.2, 0) is 0 Å². The third kappa shape index (κ3) is 5.46. The molecule has 0 aliphatic rings. The van der Waals surface area contributed by atoms with Crippen LogP contribution in [0.5, 0.6) is 0 Å². The van der Waals surface area contributed by atoms with Crippen molar-refractivity contribution in [3.05, 3.63) is 199 Å². The Kier molecular flexibility index (Phi) is 7.98. The van der Waals surface area contributed by atoms with Gasteiger partial charge in [0.25, 0.3) is 0 Å². The predicted octanol–water partition coefficient (Wildman–Crippen LogP) is 13.6. The lowest BCUT2D eigenvalue weighted by atomic mass is 10.0. The fraction of sp³-hybridized carbons (Fsp3) is 0.0400. The first-order valence-electron chi connectivity index (χ1n) is 18.0. The molecule has 0 fully saturated rings. The van der Waals surface area contributed by atoms with Crippen LogP contribution in [-0.4, -0.2) is 9.13 Å². The first kappa shape index (κ1) is 31.3. The molecule has 0 spiro atoms. The van der Waals surface area contributed by atoms with Crippen LogP contribution in [0.4, 0.5) is 0 Å². The van der Waals surface area contributed by atoms with E-state index in [1.807, 2.05) is 0 Å². The number of rotatable bonds is 7. The second kappa shape index (κ2) is 13.2. The summed E-state index contributed by atoms with van der Waals surface area (Å²) in [6, 6.07) is 61.7. The lowest BCUT2D eigenvalue weighted by molar-refractivity contribution is 1.10. The summed E-state index contributed by atoms with van der Waals surface area (Å²) in [5, 5.41) is 3.76. The Labute approximate surface area is 304 Å². The molecule has 0 unspecified atom stereocenters. The molecule has 0 saturated heterocycles. The molecular formula is C50H38N2. The summed E-state index contributed by atoms with van der Waals surface area (Å²) < 4.78 is 4.83. The maximum Gasteiger partial charge on any atom is 0.0547 e. The minimum Gasteiger partial charge on any atom is -0.310 e. The van der Waals surface area contributed by atoms with Crippen LogP contribution in [0.1, 0.15) is 18.2 Å². The SMILES string of the molecule is C/C=C/C=C\c1c(C)c2ccc(-c3ccc4c5ccccc5n(-c5ccc(-c6ccccc6)cc5)c4c3)cc2n1-c1cccc(-c2ccccc2)c1. The topological polar surface area (TPSA) is 9.86 Å². The standard InChI is InChI=1S/C50H38N2/c1-3-4-7-22-47-35(2)44-30-26-40(33-49(44)52(47)43-20-14-19-39(32-43)37-17-10-6-11-18-37)41-27-31-46-45-21-12-13-23-48(45)51(50(46)34-41)42-28-24-38(25-29-42)36-15-8-5-9-16-36/h3-34H,1-2H3/b4-3+,22-7-. The van der Waals surface area contributed by atoms with Crippen LogP contribution in [0.2, 0.25) is 0 Å². The molecule has 0 aliphatic heterocycles. The third-order valence-electron chi connectivity index (χ3n) is 10.3. The largest absolute Gasteiger partial charge is 0.310 e. The first-order chi connectivity index (χ1) is 25.7. The summed E-state index contributed by atoms with van der Waals surface area (Å²) in [6.45, 7) is 4.29. The van der Waals surface area contributed by atoms with Gasteiger partial charge in [-0.2, -0.15) is 0 Å². The molecule has 52 heavy (non-hydrogen) atoms. The van der Waals surface area contributed by atoms with Gasteiger partial charge in [0, 0.05) is 33.2 Å². The van der Waals surface area contributed by atoms with Gasteiger partial charge in [-0.1, -0.05) is 146 Å². The van der Waals surface area contributed by atoms with Gasteiger partial charge in [0.1, 0.15) is 0 Å². The summed E-state index contributed by atoms with van der Waals surface area (Å²) in [7, 11) is 0. The number of nitrogens with zero attached hydrogens (tertiary/aromatic N) is 2. The molecule has 0 atom stereocenters. The monoisotopic (exact) mass is 666 g/mol. The summed E-state index contributed by atoms with van der Waals surface area (Å²) >= 11 is 0. The van der Waals surface area contributed by atoms with Crippen molar-refractivity contribution in [1.29, 1.82) is 0 Å². The van der Waals surface area contributed by atoms with E-state index in [-0.39, 0.29) is 0 Å². The zero-order valence-electron chi connectivity index (χ0n) is 29.4. The number of hydrogen-bond acceptors (Lipinski definition) is 0. The van der Waals surface area contributed by atoms with Crippen LogP contribution < -0.4 is 0 Å². The van der Waals surface area contributed by atoms with Crippen LogP contribution in [0.3, 0.4) is 0 Å². The molecule has 0 amide bonds. The van der Waals surface area contributed by atoms with Crippen molar-refractivity contribution in [2.45, 2.75) is 13.8 Å². The number of allylic oxidation sites excluding steroid dienone is 3. The summed E-state index contributed by atoms with van der Waals surface area (Å²) in [5.74, 6) is 0. The number of aromatic nitrogens is 2. The lowest BCUT2D eigenvalue weighted by Gasteiger charge is -2.13. The van der Waals surface area contributed by atoms with Crippen molar-refractivity contribution >= 4 is 38.8 Å². The zero-order chi connectivity index (χ0) is 35.0. The molecule has 9 rings (SSSR count). The first-order valence-corrected chi connectivity index (χ1v) is 18.0. The van der Waals surface area contributed by atoms with Gasteiger partial charge < -0.3 is 9.13 Å². The highest BCUT2D eigenvalue weighted by molar-refractivity contribution is 6.10. The van der Waals surface area contributed by atoms with Gasteiger partial charge in [0.2, 0.25) is 0 Å². The van der Waals surface area contributed by atoms with E-state index in [2.05, 4.69) is 217 Å². The molecule has 2 heteroatoms. The Bertz CT molecular complexity index is 2780. The molecule has 2 aromatic heterocycles. The average Bonchev–Trinajstić information content (AvgIpc) is 3.69. The molecule has 9 aromatic rings. The molecule has 2 heterocycles. The number of aryl methyl sites for hydroxylation is 1. The van der Waals surface area contributed by atoms with E-state index in [1.165, 1.54) is 77.3 Å². The molecule has 0 N–H and O–H groups in total. The summed E-state index contributed by atoms with van der Waals surface area (Å²) in [5.41, 5.74) is 15.6. The van der Waals surface area contributed by atoms with Gasteiger partial charge in [-0.25, -0.2) is 0 Å². The van der Waals surface area contributed by atoms with Gasteiger partial charge in [-0.15, -0.1) is 0 Å². The van der Waals surface area contributed by atoms with Crippen molar-refractivity contribution in [3.63, 3.8) is 0 Å². The fourth-order valence-electron chi connectivity index (χ4n) is 7.70. The molecule has 248 valence electrons. The number of para-hydroxylation sites is 1. The molecule has 0 bridgehead atoms. The Balaban J connectivity index is 1.21. The molecule has 7 aromatic carbocycles. The van der Waals surface area contributed by atoms with E-state index >= 15 is 0 Å². The van der Waals surface area contributed by atoms with Crippen molar-refractivity contribution in [1.82, 2.24) is 9.13 Å². The zero-order valence-corrected chi connectivity index (χ0v) is 29.4. The van der Waals surface area contributed by atoms with E-state index in [0.29, 0.717) is 0 Å². The minimum atomic E-state index is 1.14. The highest BCUT2D eigenvalue weighted by Gasteiger charge is 2.17. The highest BCUT2D eigenvalue weighted by Crippen LogP contribution is 2.38. The van der Waals surface area contributed by atoms with Crippen LogP contribution in [0.25, 0.3) is 83.5 Å². The molecule has 2 nitrogen and oxygen atoms in total. The normalized spacial score (nSPS) is 11.9. The van der Waals surface area contributed by atoms with E-state index in [4.69, 9.17) is 0 Å². The quantitative estimate of drug-likeness (QED) is 0.150. The maximum absolute atomic E-state index is 2.42. The third-order valence-corrected chi connectivity index (χ3v) is 10.3. The Morgan fingerprint density at radius 3 is 1.63 bits per heavy atom. The van der Waals surface area contributed by atoms with Gasteiger partial charge in [0.15, 0.2) is 0 Å². The Morgan fingerprint density at radius 1 is 0.385 bits per heavy atom. The van der Waals surface area contributed by atoms with Crippen LogP contribution in [0, 0.1) is 6.92 Å². The lowest BCUT2D eigenvalue weighted by Crippen LogP contribution is -1.98.